The molecule has 27 heavy (non-hydrogen) atoms. The zero-order chi connectivity index (χ0) is 18.8. The summed E-state index contributed by atoms with van der Waals surface area (Å²) in [5.41, 5.74) is 0.814. The van der Waals surface area contributed by atoms with Crippen molar-refractivity contribution in [2.45, 2.75) is 20.0 Å². The van der Waals surface area contributed by atoms with Gasteiger partial charge in [0.15, 0.2) is 0 Å². The molecule has 0 saturated carbocycles. The molecular weight excluding hydrogens is 346 g/mol. The minimum Gasteiger partial charge on any atom is -0.421 e. The van der Waals surface area contributed by atoms with E-state index < -0.39 is 0 Å². The molecule has 1 saturated heterocycles. The van der Waals surface area contributed by atoms with Crippen LogP contribution in [0.3, 0.4) is 0 Å². The molecule has 1 atom stereocenters. The zero-order valence-corrected chi connectivity index (χ0v) is 15.5. The summed E-state index contributed by atoms with van der Waals surface area (Å²) >= 11 is 0. The molecule has 0 radical (unpaired) electrons. The van der Waals surface area contributed by atoms with Gasteiger partial charge in [-0.3, -0.25) is 0 Å². The number of aryl methyl sites for hydroxylation is 3. The van der Waals surface area contributed by atoms with Gasteiger partial charge in [-0.05, 0) is 19.9 Å². The van der Waals surface area contributed by atoms with Crippen LogP contribution in [0.4, 0.5) is 5.82 Å². The molecule has 140 valence electrons. The van der Waals surface area contributed by atoms with E-state index in [0.29, 0.717) is 30.7 Å². The normalized spacial score (nSPS) is 17.1. The molecule has 1 fully saturated rings. The van der Waals surface area contributed by atoms with Gasteiger partial charge in [-0.2, -0.15) is 10.1 Å². The lowest BCUT2D eigenvalue weighted by Crippen LogP contribution is -2.39. The highest BCUT2D eigenvalue weighted by molar-refractivity contribution is 5.38. The fourth-order valence-corrected chi connectivity index (χ4v) is 2.98. The van der Waals surface area contributed by atoms with Crippen LogP contribution in [0.1, 0.15) is 23.4 Å². The Balaban J connectivity index is 1.51. The molecule has 3 aromatic heterocycles. The summed E-state index contributed by atoms with van der Waals surface area (Å²) in [6, 6.07) is 5.52. The monoisotopic (exact) mass is 367 g/mol. The first-order chi connectivity index (χ1) is 13.1. The van der Waals surface area contributed by atoms with Crippen molar-refractivity contribution in [2.24, 2.45) is 7.05 Å². The number of hydrogen-bond donors (Lipinski definition) is 0. The van der Waals surface area contributed by atoms with Gasteiger partial charge in [0, 0.05) is 38.1 Å². The quantitative estimate of drug-likeness (QED) is 0.691. The zero-order valence-electron chi connectivity index (χ0n) is 15.5. The largest absolute Gasteiger partial charge is 0.421 e. The summed E-state index contributed by atoms with van der Waals surface area (Å²) in [7, 11) is 1.83. The summed E-state index contributed by atoms with van der Waals surface area (Å²) in [6.45, 7) is 5.76. The van der Waals surface area contributed by atoms with Gasteiger partial charge in [-0.1, -0.05) is 0 Å². The lowest BCUT2D eigenvalue weighted by atomic mass is 10.2. The first-order valence-electron chi connectivity index (χ1n) is 8.76. The third-order valence-electron chi connectivity index (χ3n) is 4.30. The maximum Gasteiger partial charge on any atom is 0.224 e. The van der Waals surface area contributed by atoms with Crippen LogP contribution >= 0.6 is 0 Å². The second-order valence-electron chi connectivity index (χ2n) is 6.34. The van der Waals surface area contributed by atoms with E-state index in [1.807, 2.05) is 33.0 Å². The smallest absolute Gasteiger partial charge is 0.224 e. The third kappa shape index (κ3) is 3.87. The summed E-state index contributed by atoms with van der Waals surface area (Å²) in [5.74, 6) is 3.39. The Morgan fingerprint density at radius 3 is 2.67 bits per heavy atom. The third-order valence-corrected chi connectivity index (χ3v) is 4.30. The van der Waals surface area contributed by atoms with Crippen molar-refractivity contribution < 1.29 is 9.47 Å². The fourth-order valence-electron chi connectivity index (χ4n) is 2.98. The second kappa shape index (κ2) is 7.28. The lowest BCUT2D eigenvalue weighted by Gasteiger charge is -2.32. The van der Waals surface area contributed by atoms with Gasteiger partial charge >= 0.3 is 0 Å². The van der Waals surface area contributed by atoms with Crippen molar-refractivity contribution in [3.8, 4) is 11.8 Å². The van der Waals surface area contributed by atoms with Crippen molar-refractivity contribution in [1.29, 1.82) is 0 Å². The number of hydrogen-bond acceptors (Lipinski definition) is 8. The second-order valence-corrected chi connectivity index (χ2v) is 6.34. The van der Waals surface area contributed by atoms with Gasteiger partial charge in [0.05, 0.1) is 18.8 Å². The SMILES string of the molecule is Cc1nccc(Oc2cc(C3CN(c4ccnc(C)n4)CCO3)nn2C)n1. The highest BCUT2D eigenvalue weighted by atomic mass is 16.5. The van der Waals surface area contributed by atoms with Crippen LogP contribution in [-0.2, 0) is 11.8 Å². The van der Waals surface area contributed by atoms with E-state index in [4.69, 9.17) is 9.47 Å². The molecular formula is C18H21N7O2. The molecule has 4 heterocycles. The molecule has 1 unspecified atom stereocenters. The van der Waals surface area contributed by atoms with Crippen molar-refractivity contribution in [1.82, 2.24) is 29.7 Å². The predicted octanol–water partition coefficient (Wildman–Crippen LogP) is 1.99. The molecule has 0 spiro atoms. The summed E-state index contributed by atoms with van der Waals surface area (Å²) in [6.07, 6.45) is 3.28. The Morgan fingerprint density at radius 2 is 1.89 bits per heavy atom. The molecule has 1 aliphatic heterocycles. The van der Waals surface area contributed by atoms with Crippen molar-refractivity contribution in [2.75, 3.05) is 24.6 Å². The summed E-state index contributed by atoms with van der Waals surface area (Å²) in [4.78, 5) is 19.2. The van der Waals surface area contributed by atoms with Crippen LogP contribution in [0.5, 0.6) is 11.8 Å². The maximum atomic E-state index is 5.94. The van der Waals surface area contributed by atoms with Crippen LogP contribution < -0.4 is 9.64 Å². The van der Waals surface area contributed by atoms with Crippen LogP contribution in [0, 0.1) is 13.8 Å². The number of rotatable bonds is 4. The fraction of sp³-hybridized carbons (Fsp3) is 0.389. The highest BCUT2D eigenvalue weighted by Crippen LogP contribution is 2.28. The van der Waals surface area contributed by atoms with Crippen molar-refractivity contribution in [3.05, 3.63) is 47.9 Å². The van der Waals surface area contributed by atoms with E-state index in [1.54, 1.807) is 23.1 Å². The molecule has 4 rings (SSSR count). The van der Waals surface area contributed by atoms with Crippen LogP contribution in [0.2, 0.25) is 0 Å². The highest BCUT2D eigenvalue weighted by Gasteiger charge is 2.26. The number of morpholine rings is 1. The first kappa shape index (κ1) is 17.3. The molecule has 0 aromatic carbocycles. The van der Waals surface area contributed by atoms with E-state index in [1.165, 1.54) is 0 Å². The maximum absolute atomic E-state index is 5.94. The molecule has 9 heteroatoms. The van der Waals surface area contributed by atoms with Gasteiger partial charge in [-0.15, -0.1) is 0 Å². The van der Waals surface area contributed by atoms with Crippen LogP contribution in [0.25, 0.3) is 0 Å². The summed E-state index contributed by atoms with van der Waals surface area (Å²) < 4.78 is 13.5. The van der Waals surface area contributed by atoms with E-state index in [0.717, 1.165) is 23.9 Å². The average Bonchev–Trinajstić information content (AvgIpc) is 3.02. The standard InChI is InChI=1S/C18H21N7O2/c1-12-19-6-4-16(21-12)25-8-9-26-15(11-25)14-10-18(24(3)23-14)27-17-5-7-20-13(2)22-17/h4-7,10,15H,8-9,11H2,1-3H3. The lowest BCUT2D eigenvalue weighted by molar-refractivity contribution is 0.0364. The van der Waals surface area contributed by atoms with E-state index in [-0.39, 0.29) is 6.10 Å². The molecule has 3 aromatic rings. The van der Waals surface area contributed by atoms with E-state index in [9.17, 15) is 0 Å². The van der Waals surface area contributed by atoms with Gasteiger partial charge in [0.25, 0.3) is 0 Å². The minimum atomic E-state index is -0.162. The number of ether oxygens (including phenoxy) is 2. The van der Waals surface area contributed by atoms with E-state index >= 15 is 0 Å². The number of anilines is 1. The predicted molar refractivity (Wildman–Crippen MR) is 97.7 cm³/mol. The molecule has 0 N–H and O–H groups in total. The van der Waals surface area contributed by atoms with Gasteiger partial charge in [0.1, 0.15) is 23.6 Å². The topological polar surface area (TPSA) is 91.1 Å². The number of aromatic nitrogens is 6. The first-order valence-corrected chi connectivity index (χ1v) is 8.76. The summed E-state index contributed by atoms with van der Waals surface area (Å²) in [5, 5.41) is 4.56. The van der Waals surface area contributed by atoms with Gasteiger partial charge in [-0.25, -0.2) is 19.6 Å². The Hall–Kier alpha value is -3.07. The minimum absolute atomic E-state index is 0.162. The van der Waals surface area contributed by atoms with Gasteiger partial charge < -0.3 is 14.4 Å². The molecule has 0 aliphatic carbocycles. The molecule has 0 amide bonds. The van der Waals surface area contributed by atoms with E-state index in [2.05, 4.69) is 29.9 Å². The van der Waals surface area contributed by atoms with Crippen molar-refractivity contribution in [3.63, 3.8) is 0 Å². The Kier molecular flexibility index (Phi) is 4.68. The Labute approximate surface area is 157 Å². The average molecular weight is 367 g/mol. The Morgan fingerprint density at radius 1 is 1.11 bits per heavy atom. The Bertz CT molecular complexity index is 943. The molecule has 0 bridgehead atoms. The number of nitrogens with zero attached hydrogens (tertiary/aromatic N) is 7. The molecule has 9 nitrogen and oxygen atoms in total. The van der Waals surface area contributed by atoms with Gasteiger partial charge in [0.2, 0.25) is 11.8 Å². The van der Waals surface area contributed by atoms with Crippen molar-refractivity contribution >= 4 is 5.82 Å². The molecule has 1 aliphatic rings. The van der Waals surface area contributed by atoms with Crippen LogP contribution in [0.15, 0.2) is 30.6 Å². The van der Waals surface area contributed by atoms with Crippen LogP contribution in [-0.4, -0.2) is 49.4 Å².